The van der Waals surface area contributed by atoms with Gasteiger partial charge in [0.2, 0.25) is 11.6 Å². The first-order valence-corrected chi connectivity index (χ1v) is 14.9. The Labute approximate surface area is 296 Å². The van der Waals surface area contributed by atoms with Crippen molar-refractivity contribution < 1.29 is 59.6 Å². The Bertz CT molecular complexity index is 2250. The SMILES string of the molecule is COc1ccccc1C(=O)c1ncc(F)cc1F.COc1ccccc1C(=O)c1ncc(Oc2ccc(F)cc2F)cc1F.Oc1ccc(F)cc1F. The topological polar surface area (TPSA) is 108 Å². The van der Waals surface area contributed by atoms with Crippen molar-refractivity contribution in [1.82, 2.24) is 9.97 Å². The molecular formula is C38H25F7N2O6. The fourth-order valence-electron chi connectivity index (χ4n) is 4.31. The van der Waals surface area contributed by atoms with Gasteiger partial charge in [0, 0.05) is 24.3 Å². The van der Waals surface area contributed by atoms with Gasteiger partial charge in [-0.3, -0.25) is 9.59 Å². The second-order valence-corrected chi connectivity index (χ2v) is 10.3. The number of carbonyl (C=O) groups excluding carboxylic acids is 2. The van der Waals surface area contributed by atoms with Crippen LogP contribution in [0.15, 0.2) is 109 Å². The van der Waals surface area contributed by atoms with Crippen molar-refractivity contribution in [3.63, 3.8) is 0 Å². The van der Waals surface area contributed by atoms with Crippen molar-refractivity contribution in [3.8, 4) is 28.7 Å². The molecule has 0 bridgehead atoms. The molecule has 0 spiro atoms. The monoisotopic (exact) mass is 738 g/mol. The van der Waals surface area contributed by atoms with Gasteiger partial charge in [-0.2, -0.15) is 0 Å². The zero-order chi connectivity index (χ0) is 38.7. The van der Waals surface area contributed by atoms with Crippen LogP contribution >= 0.6 is 0 Å². The summed E-state index contributed by atoms with van der Waals surface area (Å²) < 4.78 is 106. The van der Waals surface area contributed by atoms with Crippen LogP contribution in [0, 0.1) is 40.7 Å². The van der Waals surface area contributed by atoms with Crippen LogP contribution in [0.5, 0.6) is 28.7 Å². The summed E-state index contributed by atoms with van der Waals surface area (Å²) in [6.45, 7) is 0. The quantitative estimate of drug-likeness (QED) is 0.122. The first-order chi connectivity index (χ1) is 25.3. The van der Waals surface area contributed by atoms with Crippen LogP contribution in [0.1, 0.15) is 32.1 Å². The van der Waals surface area contributed by atoms with E-state index in [4.69, 9.17) is 19.3 Å². The molecule has 0 radical (unpaired) electrons. The summed E-state index contributed by atoms with van der Waals surface area (Å²) in [7, 11) is 2.80. The van der Waals surface area contributed by atoms with E-state index in [0.29, 0.717) is 23.9 Å². The summed E-state index contributed by atoms with van der Waals surface area (Å²) in [6, 6.07) is 19.5. The van der Waals surface area contributed by atoms with Crippen molar-refractivity contribution in [2.75, 3.05) is 14.2 Å². The van der Waals surface area contributed by atoms with Gasteiger partial charge in [0.15, 0.2) is 34.8 Å². The molecule has 0 saturated carbocycles. The van der Waals surface area contributed by atoms with Gasteiger partial charge in [0.25, 0.3) is 0 Å². The van der Waals surface area contributed by atoms with Crippen molar-refractivity contribution in [2.45, 2.75) is 0 Å². The Balaban J connectivity index is 0.000000200. The smallest absolute Gasteiger partial charge is 0.218 e. The van der Waals surface area contributed by atoms with Crippen LogP contribution in [0.4, 0.5) is 30.7 Å². The number of ketones is 2. The molecule has 15 heteroatoms. The van der Waals surface area contributed by atoms with Gasteiger partial charge >= 0.3 is 0 Å². The van der Waals surface area contributed by atoms with Crippen LogP contribution in [-0.4, -0.2) is 40.9 Å². The van der Waals surface area contributed by atoms with E-state index in [1.807, 2.05) is 0 Å². The molecule has 8 nitrogen and oxygen atoms in total. The molecule has 272 valence electrons. The van der Waals surface area contributed by atoms with E-state index in [9.17, 15) is 40.3 Å². The number of methoxy groups -OCH3 is 2. The zero-order valence-electron chi connectivity index (χ0n) is 27.4. The predicted molar refractivity (Wildman–Crippen MR) is 176 cm³/mol. The molecule has 0 atom stereocenters. The molecule has 0 saturated heterocycles. The lowest BCUT2D eigenvalue weighted by Crippen LogP contribution is -2.09. The summed E-state index contributed by atoms with van der Waals surface area (Å²) in [4.78, 5) is 31.8. The summed E-state index contributed by atoms with van der Waals surface area (Å²) in [6.07, 6.45) is 1.88. The average Bonchev–Trinajstić information content (AvgIpc) is 3.14. The van der Waals surface area contributed by atoms with Gasteiger partial charge in [0.05, 0.1) is 37.7 Å². The Morgan fingerprint density at radius 2 is 1.00 bits per heavy atom. The summed E-state index contributed by atoms with van der Waals surface area (Å²) in [5.74, 6) is -7.78. The molecule has 0 fully saturated rings. The lowest BCUT2D eigenvalue weighted by molar-refractivity contribution is 0.101. The lowest BCUT2D eigenvalue weighted by Gasteiger charge is -2.09. The molecule has 53 heavy (non-hydrogen) atoms. The van der Waals surface area contributed by atoms with Crippen LogP contribution < -0.4 is 14.2 Å². The molecule has 6 aromatic rings. The maximum atomic E-state index is 14.3. The number of phenolic OH excluding ortho intramolecular Hbond substituents is 1. The Morgan fingerprint density at radius 3 is 1.47 bits per heavy atom. The van der Waals surface area contributed by atoms with Crippen LogP contribution in [-0.2, 0) is 0 Å². The van der Waals surface area contributed by atoms with E-state index in [1.54, 1.807) is 36.4 Å². The number of carbonyl (C=O) groups is 2. The number of halogens is 7. The van der Waals surface area contributed by atoms with Crippen LogP contribution in [0.3, 0.4) is 0 Å². The minimum Gasteiger partial charge on any atom is -0.505 e. The van der Waals surface area contributed by atoms with E-state index in [0.717, 1.165) is 42.7 Å². The van der Waals surface area contributed by atoms with Gasteiger partial charge in [0.1, 0.15) is 46.1 Å². The number of para-hydroxylation sites is 2. The third-order valence-corrected chi connectivity index (χ3v) is 6.79. The maximum Gasteiger partial charge on any atom is 0.218 e. The Hall–Kier alpha value is -6.77. The number of aromatic hydroxyl groups is 1. The highest BCUT2D eigenvalue weighted by Gasteiger charge is 2.21. The number of ether oxygens (including phenoxy) is 3. The standard InChI is InChI=1S/C19H12F3NO3.C13H9F2NO2.C6H4F2O/c1-25-16-5-3-2-4-13(16)19(24)18-15(22)9-12(10-23-18)26-17-7-6-11(20)8-14(17)21;1-18-11-5-3-2-4-9(11)13(17)12-10(15)6-8(14)7-16-12;7-4-1-2-6(9)5(8)3-4/h2-10H,1H3;2-7H,1H3;1-3,9H. The molecule has 0 aliphatic heterocycles. The molecule has 0 aliphatic carbocycles. The van der Waals surface area contributed by atoms with E-state index >= 15 is 0 Å². The minimum atomic E-state index is -0.995. The molecule has 0 unspecified atom stereocenters. The van der Waals surface area contributed by atoms with Crippen LogP contribution in [0.2, 0.25) is 0 Å². The van der Waals surface area contributed by atoms with Crippen molar-refractivity contribution in [1.29, 1.82) is 0 Å². The van der Waals surface area contributed by atoms with E-state index in [1.165, 1.54) is 26.4 Å². The normalized spacial score (nSPS) is 10.2. The Morgan fingerprint density at radius 1 is 0.528 bits per heavy atom. The number of benzene rings is 4. The molecule has 1 N–H and O–H groups in total. The molecule has 0 amide bonds. The first-order valence-electron chi connectivity index (χ1n) is 14.9. The fourth-order valence-corrected chi connectivity index (χ4v) is 4.31. The molecule has 2 aromatic heterocycles. The highest BCUT2D eigenvalue weighted by molar-refractivity contribution is 6.10. The maximum absolute atomic E-state index is 14.3. The highest BCUT2D eigenvalue weighted by Crippen LogP contribution is 2.28. The molecule has 2 heterocycles. The van der Waals surface area contributed by atoms with Crippen molar-refractivity contribution >= 4 is 11.6 Å². The largest absolute Gasteiger partial charge is 0.505 e. The second kappa shape index (κ2) is 17.9. The third-order valence-electron chi connectivity index (χ3n) is 6.79. The van der Waals surface area contributed by atoms with Gasteiger partial charge < -0.3 is 19.3 Å². The Kier molecular flexibility index (Phi) is 13.2. The summed E-state index contributed by atoms with van der Waals surface area (Å²) in [5.41, 5.74) is -0.528. The van der Waals surface area contributed by atoms with Crippen molar-refractivity contribution in [2.24, 2.45) is 0 Å². The van der Waals surface area contributed by atoms with Crippen LogP contribution in [0.25, 0.3) is 0 Å². The first kappa shape index (κ1) is 39.0. The van der Waals surface area contributed by atoms with E-state index in [2.05, 4.69) is 9.97 Å². The number of hydrogen-bond acceptors (Lipinski definition) is 8. The number of hydrogen-bond donors (Lipinski definition) is 1. The predicted octanol–water partition coefficient (Wildman–Crippen LogP) is 8.80. The number of nitrogens with zero attached hydrogens (tertiary/aromatic N) is 2. The molecular weight excluding hydrogens is 713 g/mol. The van der Waals surface area contributed by atoms with Gasteiger partial charge in [-0.1, -0.05) is 24.3 Å². The molecule has 0 aliphatic rings. The second-order valence-electron chi connectivity index (χ2n) is 10.3. The number of aromatic nitrogens is 2. The fraction of sp³-hybridized carbons (Fsp3) is 0.0526. The highest BCUT2D eigenvalue weighted by atomic mass is 19.2. The number of rotatable bonds is 8. The lowest BCUT2D eigenvalue weighted by atomic mass is 10.1. The minimum absolute atomic E-state index is 0.135. The molecule has 4 aromatic carbocycles. The zero-order valence-corrected chi connectivity index (χ0v) is 27.4. The van der Waals surface area contributed by atoms with Gasteiger partial charge in [-0.25, -0.2) is 40.7 Å². The summed E-state index contributed by atoms with van der Waals surface area (Å²) >= 11 is 0. The number of pyridine rings is 2. The summed E-state index contributed by atoms with van der Waals surface area (Å²) in [5, 5.41) is 8.50. The van der Waals surface area contributed by atoms with Gasteiger partial charge in [-0.15, -0.1) is 0 Å². The average molecular weight is 739 g/mol. The third kappa shape index (κ3) is 10.2. The van der Waals surface area contributed by atoms with Gasteiger partial charge in [-0.05, 0) is 48.5 Å². The number of phenols is 1. The van der Waals surface area contributed by atoms with E-state index < -0.39 is 69.4 Å². The molecule has 6 rings (SSSR count). The van der Waals surface area contributed by atoms with Crippen molar-refractivity contribution in [3.05, 3.63) is 173 Å². The van der Waals surface area contributed by atoms with E-state index in [-0.39, 0.29) is 28.4 Å².